The van der Waals surface area contributed by atoms with Crippen molar-refractivity contribution in [2.24, 2.45) is 5.73 Å². The number of carboxylic acid groups (broad SMARTS) is 1. The highest BCUT2D eigenvalue weighted by Gasteiger charge is 2.16. The van der Waals surface area contributed by atoms with Gasteiger partial charge < -0.3 is 15.9 Å². The van der Waals surface area contributed by atoms with Gasteiger partial charge in [0, 0.05) is 16.5 Å². The van der Waals surface area contributed by atoms with Crippen LogP contribution in [-0.4, -0.2) is 22.7 Å². The molecule has 0 aromatic heterocycles. The number of carbonyl (C=O) groups is 1. The van der Waals surface area contributed by atoms with E-state index in [1.165, 1.54) is 6.07 Å². The molecule has 0 spiro atoms. The summed E-state index contributed by atoms with van der Waals surface area (Å²) in [7, 11) is 0. The predicted octanol–water partition coefficient (Wildman–Crippen LogP) is 3.88. The Kier molecular flexibility index (Phi) is 5.29. The molecule has 0 aliphatic heterocycles. The number of hydrogen-bond acceptors (Lipinski definition) is 3. The van der Waals surface area contributed by atoms with E-state index in [0.29, 0.717) is 10.6 Å². The van der Waals surface area contributed by atoms with E-state index in [-0.39, 0.29) is 29.7 Å². The third kappa shape index (κ3) is 3.71. The summed E-state index contributed by atoms with van der Waals surface area (Å²) in [4.78, 5) is 10.9. The minimum absolute atomic E-state index is 0.0107. The number of rotatable bonds is 5. The normalized spacial score (nSPS) is 12.1. The molecule has 0 radical (unpaired) electrons. The topological polar surface area (TPSA) is 83.6 Å². The summed E-state index contributed by atoms with van der Waals surface area (Å²) >= 11 is 12.1. The van der Waals surface area contributed by atoms with Crippen molar-refractivity contribution >= 4 is 29.2 Å². The van der Waals surface area contributed by atoms with Crippen LogP contribution >= 0.6 is 23.2 Å². The lowest BCUT2D eigenvalue weighted by Gasteiger charge is -2.15. The van der Waals surface area contributed by atoms with E-state index in [9.17, 15) is 9.90 Å². The van der Waals surface area contributed by atoms with Crippen molar-refractivity contribution in [3.8, 4) is 16.9 Å². The fraction of sp³-hybridized carbons (Fsp3) is 0.188. The van der Waals surface area contributed by atoms with Crippen LogP contribution < -0.4 is 5.73 Å². The molecule has 2 aromatic carbocycles. The number of nitrogens with two attached hydrogens (primary N) is 1. The number of aliphatic carboxylic acids is 1. The standard InChI is InChI=1S/C16H15Cl2NO3/c17-13-3-1-9(11(8-19)7-16(21)22)5-12(13)10-2-4-15(20)14(18)6-10/h1-6,11,20H,7-8,19H2,(H,21,22)/t11-/m0/s1. The van der Waals surface area contributed by atoms with Crippen LogP contribution in [0.15, 0.2) is 36.4 Å². The fourth-order valence-electron chi connectivity index (χ4n) is 2.24. The SMILES string of the molecule is NC[C@H](CC(=O)O)c1ccc(Cl)c(-c2ccc(O)c(Cl)c2)c1. The number of phenols is 1. The maximum atomic E-state index is 10.9. The van der Waals surface area contributed by atoms with E-state index in [4.69, 9.17) is 34.0 Å². The zero-order chi connectivity index (χ0) is 16.3. The molecule has 4 N–H and O–H groups in total. The second-order valence-corrected chi connectivity index (χ2v) is 5.75. The fourth-order valence-corrected chi connectivity index (χ4v) is 2.65. The van der Waals surface area contributed by atoms with Crippen LogP contribution in [0.1, 0.15) is 17.9 Å². The first kappa shape index (κ1) is 16.6. The third-order valence-corrected chi connectivity index (χ3v) is 4.06. The molecule has 2 aromatic rings. The number of aromatic hydroxyl groups is 1. The number of hydrogen-bond donors (Lipinski definition) is 3. The van der Waals surface area contributed by atoms with Gasteiger partial charge in [0.15, 0.2) is 0 Å². The van der Waals surface area contributed by atoms with Gasteiger partial charge in [-0.2, -0.15) is 0 Å². The summed E-state index contributed by atoms with van der Waals surface area (Å²) in [6, 6.07) is 10.1. The van der Waals surface area contributed by atoms with Crippen LogP contribution in [0.2, 0.25) is 10.0 Å². The van der Waals surface area contributed by atoms with Crippen LogP contribution in [0, 0.1) is 0 Å². The molecule has 6 heteroatoms. The Morgan fingerprint density at radius 2 is 1.86 bits per heavy atom. The van der Waals surface area contributed by atoms with Gasteiger partial charge >= 0.3 is 5.97 Å². The second-order valence-electron chi connectivity index (χ2n) is 4.94. The molecule has 0 saturated heterocycles. The Morgan fingerprint density at radius 1 is 1.14 bits per heavy atom. The van der Waals surface area contributed by atoms with E-state index in [1.807, 2.05) is 6.07 Å². The van der Waals surface area contributed by atoms with Gasteiger partial charge in [0.05, 0.1) is 11.4 Å². The smallest absolute Gasteiger partial charge is 0.304 e. The molecular weight excluding hydrogens is 325 g/mol. The largest absolute Gasteiger partial charge is 0.506 e. The summed E-state index contributed by atoms with van der Waals surface area (Å²) < 4.78 is 0. The number of carboxylic acids is 1. The Hall–Kier alpha value is -1.75. The molecule has 2 rings (SSSR count). The van der Waals surface area contributed by atoms with Crippen LogP contribution in [0.3, 0.4) is 0 Å². The minimum atomic E-state index is -0.903. The van der Waals surface area contributed by atoms with Gasteiger partial charge in [0.2, 0.25) is 0 Å². The Morgan fingerprint density at radius 3 is 2.45 bits per heavy atom. The number of phenolic OH excluding ortho intramolecular Hbond substituents is 1. The molecule has 0 fully saturated rings. The van der Waals surface area contributed by atoms with Crippen molar-refractivity contribution in [1.82, 2.24) is 0 Å². The van der Waals surface area contributed by atoms with Gasteiger partial charge in [0.1, 0.15) is 5.75 Å². The van der Waals surface area contributed by atoms with Gasteiger partial charge in [0.25, 0.3) is 0 Å². The summed E-state index contributed by atoms with van der Waals surface area (Å²) in [6.07, 6.45) is -0.0477. The highest BCUT2D eigenvalue weighted by Crippen LogP contribution is 2.35. The third-order valence-electron chi connectivity index (χ3n) is 3.43. The summed E-state index contributed by atoms with van der Waals surface area (Å²) in [6.45, 7) is 0.226. The monoisotopic (exact) mass is 339 g/mol. The molecule has 0 aliphatic rings. The first-order chi connectivity index (χ1) is 10.4. The highest BCUT2D eigenvalue weighted by atomic mass is 35.5. The van der Waals surface area contributed by atoms with E-state index in [0.717, 1.165) is 11.1 Å². The molecule has 0 saturated carbocycles. The minimum Gasteiger partial charge on any atom is -0.506 e. The number of halogens is 2. The van der Waals surface area contributed by atoms with Crippen LogP contribution in [0.5, 0.6) is 5.75 Å². The van der Waals surface area contributed by atoms with Crippen molar-refractivity contribution in [1.29, 1.82) is 0 Å². The van der Waals surface area contributed by atoms with Crippen molar-refractivity contribution in [2.75, 3.05) is 6.54 Å². The maximum Gasteiger partial charge on any atom is 0.304 e. The Labute approximate surface area is 138 Å². The lowest BCUT2D eigenvalue weighted by Crippen LogP contribution is -2.16. The Balaban J connectivity index is 2.45. The maximum absolute atomic E-state index is 10.9. The average molecular weight is 340 g/mol. The molecular formula is C16H15Cl2NO3. The van der Waals surface area contributed by atoms with Crippen LogP contribution in [0.4, 0.5) is 0 Å². The second kappa shape index (κ2) is 7.01. The average Bonchev–Trinajstić information content (AvgIpc) is 2.48. The summed E-state index contributed by atoms with van der Waals surface area (Å²) in [5.74, 6) is -1.20. The molecule has 1 atom stereocenters. The molecule has 0 bridgehead atoms. The highest BCUT2D eigenvalue weighted by molar-refractivity contribution is 6.34. The molecule has 22 heavy (non-hydrogen) atoms. The molecule has 0 amide bonds. The van der Waals surface area contributed by atoms with Gasteiger partial charge in [-0.1, -0.05) is 35.3 Å². The van der Waals surface area contributed by atoms with E-state index in [1.54, 1.807) is 24.3 Å². The summed E-state index contributed by atoms with van der Waals surface area (Å²) in [5, 5.41) is 19.2. The van der Waals surface area contributed by atoms with Crippen molar-refractivity contribution in [3.63, 3.8) is 0 Å². The zero-order valence-electron chi connectivity index (χ0n) is 11.6. The van der Waals surface area contributed by atoms with Crippen molar-refractivity contribution < 1.29 is 15.0 Å². The van der Waals surface area contributed by atoms with Gasteiger partial charge in [-0.25, -0.2) is 0 Å². The van der Waals surface area contributed by atoms with Gasteiger partial charge in [-0.05, 0) is 41.9 Å². The lowest BCUT2D eigenvalue weighted by molar-refractivity contribution is -0.137. The molecule has 0 heterocycles. The first-order valence-electron chi connectivity index (χ1n) is 6.62. The molecule has 0 aliphatic carbocycles. The summed E-state index contributed by atoms with van der Waals surface area (Å²) in [5.41, 5.74) is 7.92. The molecule has 116 valence electrons. The first-order valence-corrected chi connectivity index (χ1v) is 7.38. The Bertz CT molecular complexity index is 704. The zero-order valence-corrected chi connectivity index (χ0v) is 13.1. The van der Waals surface area contributed by atoms with Crippen LogP contribution in [0.25, 0.3) is 11.1 Å². The molecule has 0 unspecified atom stereocenters. The quantitative estimate of drug-likeness (QED) is 0.771. The van der Waals surface area contributed by atoms with E-state index < -0.39 is 5.97 Å². The number of benzene rings is 2. The molecule has 4 nitrogen and oxygen atoms in total. The predicted molar refractivity (Wildman–Crippen MR) is 87.6 cm³/mol. The van der Waals surface area contributed by atoms with Crippen LogP contribution in [-0.2, 0) is 4.79 Å². The van der Waals surface area contributed by atoms with E-state index in [2.05, 4.69) is 0 Å². The van der Waals surface area contributed by atoms with Crippen molar-refractivity contribution in [2.45, 2.75) is 12.3 Å². The van der Waals surface area contributed by atoms with E-state index >= 15 is 0 Å². The lowest BCUT2D eigenvalue weighted by atomic mass is 9.92. The van der Waals surface area contributed by atoms with Gasteiger partial charge in [-0.15, -0.1) is 0 Å². The van der Waals surface area contributed by atoms with Crippen molar-refractivity contribution in [3.05, 3.63) is 52.0 Å². The van der Waals surface area contributed by atoms with Gasteiger partial charge in [-0.3, -0.25) is 4.79 Å².